The number of nitrogens with zero attached hydrogens (tertiary/aromatic N) is 1. The molecule has 0 aromatic heterocycles. The van der Waals surface area contributed by atoms with E-state index in [-0.39, 0.29) is 0 Å². The molecule has 0 atom stereocenters. The van der Waals surface area contributed by atoms with Crippen LogP contribution in [0, 0.1) is 0 Å². The van der Waals surface area contributed by atoms with E-state index in [0.29, 0.717) is 13.2 Å². The standard InChI is InChI=1S/C16H28N2O3/c1-4-21-16-7-6-15(17)12-14(16)13-18(9-11-20-3)8-5-10-19-2/h6-7,12H,4-5,8-11,13,17H2,1-3H3. The van der Waals surface area contributed by atoms with Gasteiger partial charge < -0.3 is 19.9 Å². The summed E-state index contributed by atoms with van der Waals surface area (Å²) in [5, 5.41) is 0. The summed E-state index contributed by atoms with van der Waals surface area (Å²) in [5.74, 6) is 0.904. The first-order valence-corrected chi connectivity index (χ1v) is 7.42. The quantitative estimate of drug-likeness (QED) is 0.501. The lowest BCUT2D eigenvalue weighted by molar-refractivity contribution is 0.128. The topological polar surface area (TPSA) is 57.0 Å². The van der Waals surface area contributed by atoms with Crippen molar-refractivity contribution in [3.63, 3.8) is 0 Å². The average molecular weight is 296 g/mol. The molecule has 120 valence electrons. The van der Waals surface area contributed by atoms with Crippen molar-refractivity contribution in [2.45, 2.75) is 19.9 Å². The molecule has 0 aliphatic heterocycles. The van der Waals surface area contributed by atoms with Gasteiger partial charge in [0.1, 0.15) is 5.75 Å². The van der Waals surface area contributed by atoms with Crippen molar-refractivity contribution in [3.05, 3.63) is 23.8 Å². The van der Waals surface area contributed by atoms with Crippen molar-refractivity contribution in [1.29, 1.82) is 0 Å². The average Bonchev–Trinajstić information content (AvgIpc) is 2.47. The maximum Gasteiger partial charge on any atom is 0.123 e. The van der Waals surface area contributed by atoms with Crippen LogP contribution in [0.2, 0.25) is 0 Å². The molecule has 2 N–H and O–H groups in total. The second-order valence-electron chi connectivity index (χ2n) is 4.92. The Morgan fingerprint density at radius 2 is 1.86 bits per heavy atom. The summed E-state index contributed by atoms with van der Waals surface area (Å²) < 4.78 is 16.0. The van der Waals surface area contributed by atoms with Gasteiger partial charge in [-0.2, -0.15) is 0 Å². The molecule has 0 saturated carbocycles. The molecule has 0 heterocycles. The predicted molar refractivity (Wildman–Crippen MR) is 85.7 cm³/mol. The van der Waals surface area contributed by atoms with Gasteiger partial charge in [-0.05, 0) is 31.5 Å². The fourth-order valence-corrected chi connectivity index (χ4v) is 2.18. The molecular formula is C16H28N2O3. The molecule has 0 spiro atoms. The first kappa shape index (κ1) is 17.8. The van der Waals surface area contributed by atoms with E-state index < -0.39 is 0 Å². The van der Waals surface area contributed by atoms with Crippen molar-refractivity contribution in [2.24, 2.45) is 0 Å². The number of rotatable bonds is 11. The van der Waals surface area contributed by atoms with Crippen molar-refractivity contribution in [1.82, 2.24) is 4.90 Å². The third-order valence-electron chi connectivity index (χ3n) is 3.21. The third kappa shape index (κ3) is 6.80. The molecule has 1 aromatic rings. The largest absolute Gasteiger partial charge is 0.494 e. The Hall–Kier alpha value is -1.30. The van der Waals surface area contributed by atoms with Gasteiger partial charge in [-0.3, -0.25) is 4.90 Å². The van der Waals surface area contributed by atoms with Gasteiger partial charge in [0.25, 0.3) is 0 Å². The van der Waals surface area contributed by atoms with Crippen LogP contribution in [0.1, 0.15) is 18.9 Å². The van der Waals surface area contributed by atoms with Crippen molar-refractivity contribution in [3.8, 4) is 5.75 Å². The lowest BCUT2D eigenvalue weighted by Crippen LogP contribution is -2.29. The highest BCUT2D eigenvalue weighted by Gasteiger charge is 2.10. The van der Waals surface area contributed by atoms with Gasteiger partial charge >= 0.3 is 0 Å². The van der Waals surface area contributed by atoms with Crippen LogP contribution < -0.4 is 10.5 Å². The number of benzene rings is 1. The van der Waals surface area contributed by atoms with Gasteiger partial charge in [-0.25, -0.2) is 0 Å². The van der Waals surface area contributed by atoms with E-state index in [0.717, 1.165) is 49.7 Å². The van der Waals surface area contributed by atoms with E-state index in [2.05, 4.69) is 4.90 Å². The summed E-state index contributed by atoms with van der Waals surface area (Å²) in [6.07, 6.45) is 0.993. The minimum atomic E-state index is 0.651. The fourth-order valence-electron chi connectivity index (χ4n) is 2.18. The highest BCUT2D eigenvalue weighted by Crippen LogP contribution is 2.23. The van der Waals surface area contributed by atoms with Crippen molar-refractivity contribution >= 4 is 5.69 Å². The second kappa shape index (κ2) is 10.4. The minimum Gasteiger partial charge on any atom is -0.494 e. The first-order chi connectivity index (χ1) is 10.2. The van der Waals surface area contributed by atoms with Crippen LogP contribution in [0.4, 0.5) is 5.69 Å². The molecule has 0 saturated heterocycles. The highest BCUT2D eigenvalue weighted by atomic mass is 16.5. The number of nitrogen functional groups attached to an aromatic ring is 1. The number of nitrogens with two attached hydrogens (primary N) is 1. The summed E-state index contributed by atoms with van der Waals surface area (Å²) in [4.78, 5) is 2.33. The maximum absolute atomic E-state index is 5.90. The summed E-state index contributed by atoms with van der Waals surface area (Å²) in [6, 6.07) is 5.80. The van der Waals surface area contributed by atoms with Gasteiger partial charge in [0.15, 0.2) is 0 Å². The van der Waals surface area contributed by atoms with E-state index in [4.69, 9.17) is 19.9 Å². The number of hydrogen-bond donors (Lipinski definition) is 1. The van der Waals surface area contributed by atoms with E-state index in [1.807, 2.05) is 25.1 Å². The maximum atomic E-state index is 5.90. The van der Waals surface area contributed by atoms with Crippen molar-refractivity contribution in [2.75, 3.05) is 52.9 Å². The first-order valence-electron chi connectivity index (χ1n) is 7.42. The van der Waals surface area contributed by atoms with Crippen molar-refractivity contribution < 1.29 is 14.2 Å². The lowest BCUT2D eigenvalue weighted by Gasteiger charge is -2.23. The summed E-state index contributed by atoms with van der Waals surface area (Å²) in [6.45, 7) is 6.74. The molecule has 0 unspecified atom stereocenters. The van der Waals surface area contributed by atoms with Gasteiger partial charge in [-0.1, -0.05) is 0 Å². The van der Waals surface area contributed by atoms with E-state index in [1.165, 1.54) is 0 Å². The van der Waals surface area contributed by atoms with Crippen LogP contribution in [-0.4, -0.2) is 52.0 Å². The van der Waals surface area contributed by atoms with E-state index >= 15 is 0 Å². The highest BCUT2D eigenvalue weighted by molar-refractivity contribution is 5.47. The van der Waals surface area contributed by atoms with Crippen LogP contribution in [0.5, 0.6) is 5.75 Å². The van der Waals surface area contributed by atoms with E-state index in [9.17, 15) is 0 Å². The molecule has 5 heteroatoms. The molecule has 0 amide bonds. The number of hydrogen-bond acceptors (Lipinski definition) is 5. The van der Waals surface area contributed by atoms with Crippen LogP contribution in [0.3, 0.4) is 0 Å². The lowest BCUT2D eigenvalue weighted by atomic mass is 10.1. The molecule has 0 bridgehead atoms. The molecule has 0 radical (unpaired) electrons. The van der Waals surface area contributed by atoms with E-state index in [1.54, 1.807) is 14.2 Å². The molecular weight excluding hydrogens is 268 g/mol. The number of methoxy groups -OCH3 is 2. The Morgan fingerprint density at radius 3 is 2.52 bits per heavy atom. The summed E-state index contributed by atoms with van der Waals surface area (Å²) in [7, 11) is 3.45. The number of ether oxygens (including phenoxy) is 3. The van der Waals surface area contributed by atoms with Gasteiger partial charge in [-0.15, -0.1) is 0 Å². The Labute approximate surface area is 128 Å². The zero-order valence-electron chi connectivity index (χ0n) is 13.4. The van der Waals surface area contributed by atoms with Crippen LogP contribution in [-0.2, 0) is 16.0 Å². The molecule has 1 aromatic carbocycles. The summed E-state index contributed by atoms with van der Waals surface area (Å²) in [5.41, 5.74) is 7.78. The Kier molecular flexibility index (Phi) is 8.82. The summed E-state index contributed by atoms with van der Waals surface area (Å²) >= 11 is 0. The van der Waals surface area contributed by atoms with Gasteiger partial charge in [0.2, 0.25) is 0 Å². The smallest absolute Gasteiger partial charge is 0.123 e. The Balaban J connectivity index is 2.72. The number of anilines is 1. The third-order valence-corrected chi connectivity index (χ3v) is 3.21. The van der Waals surface area contributed by atoms with Crippen LogP contribution >= 0.6 is 0 Å². The fraction of sp³-hybridized carbons (Fsp3) is 0.625. The van der Waals surface area contributed by atoms with Gasteiger partial charge in [0, 0.05) is 51.7 Å². The Morgan fingerprint density at radius 1 is 1.10 bits per heavy atom. The predicted octanol–water partition coefficient (Wildman–Crippen LogP) is 2.15. The normalized spacial score (nSPS) is 11.0. The van der Waals surface area contributed by atoms with Crippen LogP contribution in [0.25, 0.3) is 0 Å². The monoisotopic (exact) mass is 296 g/mol. The Bertz CT molecular complexity index is 399. The molecule has 1 rings (SSSR count). The molecule has 5 nitrogen and oxygen atoms in total. The molecule has 0 aliphatic carbocycles. The molecule has 0 aliphatic rings. The minimum absolute atomic E-state index is 0.651. The van der Waals surface area contributed by atoms with Crippen LogP contribution in [0.15, 0.2) is 18.2 Å². The zero-order valence-corrected chi connectivity index (χ0v) is 13.4. The van der Waals surface area contributed by atoms with Gasteiger partial charge in [0.05, 0.1) is 13.2 Å². The molecule has 21 heavy (non-hydrogen) atoms. The SMILES string of the molecule is CCOc1ccc(N)cc1CN(CCCOC)CCOC. The molecule has 0 fully saturated rings. The second-order valence-corrected chi connectivity index (χ2v) is 4.92. The zero-order chi connectivity index (χ0) is 15.5.